The third-order valence-corrected chi connectivity index (χ3v) is 3.71. The highest BCUT2D eigenvalue weighted by Gasteiger charge is 2.17. The van der Waals surface area contributed by atoms with Crippen LogP contribution < -0.4 is 5.32 Å². The van der Waals surface area contributed by atoms with Crippen LogP contribution in [0.5, 0.6) is 0 Å². The fourth-order valence-electron chi connectivity index (χ4n) is 2.24. The van der Waals surface area contributed by atoms with Gasteiger partial charge in [-0.15, -0.1) is 0 Å². The zero-order valence-corrected chi connectivity index (χ0v) is 14.3. The molecular weight excluding hydrogens is 268 g/mol. The molecule has 0 spiro atoms. The molecule has 20 heavy (non-hydrogen) atoms. The Bertz CT molecular complexity index is 381. The Kier molecular flexibility index (Phi) is 7.01. The molecule has 0 saturated heterocycles. The van der Waals surface area contributed by atoms with Crippen molar-refractivity contribution in [3.63, 3.8) is 0 Å². The number of nitrogens with zero attached hydrogens (tertiary/aromatic N) is 1. The van der Waals surface area contributed by atoms with E-state index in [1.54, 1.807) is 0 Å². The van der Waals surface area contributed by atoms with Crippen molar-refractivity contribution in [2.45, 2.75) is 58.7 Å². The van der Waals surface area contributed by atoms with Crippen molar-refractivity contribution in [1.82, 2.24) is 10.2 Å². The highest BCUT2D eigenvalue weighted by Crippen LogP contribution is 2.14. The Labute approximate surface area is 129 Å². The first-order chi connectivity index (χ1) is 9.31. The molecule has 1 atom stereocenters. The Hall–Kier alpha value is -0.570. The maximum absolute atomic E-state index is 5.94. The van der Waals surface area contributed by atoms with Gasteiger partial charge in [0, 0.05) is 29.7 Å². The number of rotatable bonds is 7. The first kappa shape index (κ1) is 17.5. The zero-order chi connectivity index (χ0) is 15.2. The van der Waals surface area contributed by atoms with E-state index in [1.165, 1.54) is 18.4 Å². The van der Waals surface area contributed by atoms with Gasteiger partial charge in [0.15, 0.2) is 0 Å². The fourth-order valence-corrected chi connectivity index (χ4v) is 2.37. The van der Waals surface area contributed by atoms with Crippen molar-refractivity contribution in [2.75, 3.05) is 13.6 Å². The molecule has 0 aliphatic heterocycles. The summed E-state index contributed by atoms with van der Waals surface area (Å²) in [5.41, 5.74) is 1.49. The lowest BCUT2D eigenvalue weighted by Crippen LogP contribution is -2.46. The smallest absolute Gasteiger partial charge is 0.0406 e. The van der Waals surface area contributed by atoms with Crippen molar-refractivity contribution in [1.29, 1.82) is 0 Å². The van der Waals surface area contributed by atoms with Crippen LogP contribution in [0.25, 0.3) is 0 Å². The summed E-state index contributed by atoms with van der Waals surface area (Å²) < 4.78 is 0. The van der Waals surface area contributed by atoms with Crippen molar-refractivity contribution >= 4 is 11.6 Å². The van der Waals surface area contributed by atoms with E-state index >= 15 is 0 Å². The molecular formula is C17H29ClN2. The van der Waals surface area contributed by atoms with Crippen LogP contribution in [0.3, 0.4) is 0 Å². The van der Waals surface area contributed by atoms with Gasteiger partial charge in [-0.1, -0.05) is 37.1 Å². The van der Waals surface area contributed by atoms with Crippen LogP contribution >= 0.6 is 11.6 Å². The molecule has 0 aromatic heterocycles. The molecule has 1 rings (SSSR count). The summed E-state index contributed by atoms with van der Waals surface area (Å²) in [4.78, 5) is 2.44. The predicted molar refractivity (Wildman–Crippen MR) is 89.4 cm³/mol. The number of hydrogen-bond acceptors (Lipinski definition) is 2. The lowest BCUT2D eigenvalue weighted by Gasteiger charge is -2.31. The van der Waals surface area contributed by atoms with Gasteiger partial charge in [-0.25, -0.2) is 0 Å². The van der Waals surface area contributed by atoms with E-state index < -0.39 is 0 Å². The quantitative estimate of drug-likeness (QED) is 0.806. The number of likely N-dealkylation sites (N-methyl/N-ethyl adjacent to an activating group) is 1. The summed E-state index contributed by atoms with van der Waals surface area (Å²) in [6.07, 6.45) is 2.43. The van der Waals surface area contributed by atoms with E-state index in [1.807, 2.05) is 12.1 Å². The molecule has 0 aliphatic carbocycles. The van der Waals surface area contributed by atoms with E-state index in [2.05, 4.69) is 57.1 Å². The molecule has 0 saturated carbocycles. The number of benzene rings is 1. The molecule has 0 heterocycles. The standard InChI is InChI=1S/C17H29ClN2/c1-6-7-16(12-19-17(2,3)4)20(5)13-14-8-10-15(18)11-9-14/h8-11,16,19H,6-7,12-13H2,1-5H3. The van der Waals surface area contributed by atoms with Gasteiger partial charge in [0.05, 0.1) is 0 Å². The molecule has 1 aromatic carbocycles. The molecule has 0 radical (unpaired) electrons. The molecule has 0 amide bonds. The van der Waals surface area contributed by atoms with Gasteiger partial charge in [-0.05, 0) is 51.9 Å². The number of nitrogens with one attached hydrogen (secondary N) is 1. The Balaban J connectivity index is 2.58. The normalized spacial score (nSPS) is 13.8. The van der Waals surface area contributed by atoms with Gasteiger partial charge in [-0.3, -0.25) is 4.90 Å². The maximum atomic E-state index is 5.94. The third kappa shape index (κ3) is 6.74. The van der Waals surface area contributed by atoms with Crippen molar-refractivity contribution in [3.05, 3.63) is 34.9 Å². The van der Waals surface area contributed by atoms with Gasteiger partial charge in [0.1, 0.15) is 0 Å². The minimum absolute atomic E-state index is 0.174. The topological polar surface area (TPSA) is 15.3 Å². The zero-order valence-electron chi connectivity index (χ0n) is 13.5. The van der Waals surface area contributed by atoms with Gasteiger partial charge < -0.3 is 5.32 Å². The molecule has 2 nitrogen and oxygen atoms in total. The summed E-state index contributed by atoms with van der Waals surface area (Å²) >= 11 is 5.94. The minimum Gasteiger partial charge on any atom is -0.311 e. The van der Waals surface area contributed by atoms with Gasteiger partial charge in [0.25, 0.3) is 0 Å². The predicted octanol–water partition coefficient (Wildman–Crippen LogP) is 4.33. The fraction of sp³-hybridized carbons (Fsp3) is 0.647. The van der Waals surface area contributed by atoms with Crippen molar-refractivity contribution in [3.8, 4) is 0 Å². The van der Waals surface area contributed by atoms with E-state index in [0.29, 0.717) is 6.04 Å². The lowest BCUT2D eigenvalue weighted by atomic mass is 10.1. The lowest BCUT2D eigenvalue weighted by molar-refractivity contribution is 0.202. The monoisotopic (exact) mass is 296 g/mol. The van der Waals surface area contributed by atoms with Crippen LogP contribution in [0, 0.1) is 0 Å². The van der Waals surface area contributed by atoms with Crippen molar-refractivity contribution < 1.29 is 0 Å². The molecule has 1 N–H and O–H groups in total. The molecule has 114 valence electrons. The van der Waals surface area contributed by atoms with Crippen LogP contribution in [0.2, 0.25) is 5.02 Å². The van der Waals surface area contributed by atoms with E-state index in [-0.39, 0.29) is 5.54 Å². The van der Waals surface area contributed by atoms with Crippen molar-refractivity contribution in [2.24, 2.45) is 0 Å². The highest BCUT2D eigenvalue weighted by atomic mass is 35.5. The summed E-state index contributed by atoms with van der Waals surface area (Å²) in [6, 6.07) is 8.72. The van der Waals surface area contributed by atoms with Gasteiger partial charge in [0.2, 0.25) is 0 Å². The second-order valence-corrected chi connectivity index (χ2v) is 7.05. The second-order valence-electron chi connectivity index (χ2n) is 6.61. The van der Waals surface area contributed by atoms with Crippen LogP contribution in [-0.4, -0.2) is 30.1 Å². The average Bonchev–Trinajstić information content (AvgIpc) is 2.36. The average molecular weight is 297 g/mol. The summed E-state index contributed by atoms with van der Waals surface area (Å²) in [5.74, 6) is 0. The van der Waals surface area contributed by atoms with Crippen LogP contribution in [-0.2, 0) is 6.54 Å². The maximum Gasteiger partial charge on any atom is 0.0406 e. The van der Waals surface area contributed by atoms with Crippen LogP contribution in [0.15, 0.2) is 24.3 Å². The van der Waals surface area contributed by atoms with E-state index in [9.17, 15) is 0 Å². The second kappa shape index (κ2) is 8.02. The molecule has 1 unspecified atom stereocenters. The Morgan fingerprint density at radius 2 is 1.80 bits per heavy atom. The van der Waals surface area contributed by atoms with Crippen LogP contribution in [0.1, 0.15) is 46.1 Å². The third-order valence-electron chi connectivity index (χ3n) is 3.46. The van der Waals surface area contributed by atoms with Gasteiger partial charge in [-0.2, -0.15) is 0 Å². The molecule has 0 bridgehead atoms. The first-order valence-corrected chi connectivity index (χ1v) is 7.89. The Morgan fingerprint density at radius 1 is 1.20 bits per heavy atom. The number of hydrogen-bond donors (Lipinski definition) is 1. The molecule has 1 aromatic rings. The number of halogens is 1. The minimum atomic E-state index is 0.174. The van der Waals surface area contributed by atoms with Gasteiger partial charge >= 0.3 is 0 Å². The first-order valence-electron chi connectivity index (χ1n) is 7.51. The summed E-state index contributed by atoms with van der Waals surface area (Å²) in [6.45, 7) is 10.9. The summed E-state index contributed by atoms with van der Waals surface area (Å²) in [5, 5.41) is 4.42. The molecule has 3 heteroatoms. The molecule has 0 fully saturated rings. The largest absolute Gasteiger partial charge is 0.311 e. The van der Waals surface area contributed by atoms with E-state index in [4.69, 9.17) is 11.6 Å². The summed E-state index contributed by atoms with van der Waals surface area (Å²) in [7, 11) is 2.21. The Morgan fingerprint density at radius 3 is 2.30 bits per heavy atom. The van der Waals surface area contributed by atoms with Crippen LogP contribution in [0.4, 0.5) is 0 Å². The highest BCUT2D eigenvalue weighted by molar-refractivity contribution is 6.30. The van der Waals surface area contributed by atoms with E-state index in [0.717, 1.165) is 18.1 Å². The SMILES string of the molecule is CCCC(CNC(C)(C)C)N(C)Cc1ccc(Cl)cc1. The molecule has 0 aliphatic rings.